The van der Waals surface area contributed by atoms with Crippen molar-refractivity contribution in [1.82, 2.24) is 10.3 Å². The van der Waals surface area contributed by atoms with E-state index in [0.29, 0.717) is 0 Å². The topological polar surface area (TPSA) is 38.9 Å². The Bertz CT molecular complexity index is 280. The van der Waals surface area contributed by atoms with Crippen LogP contribution in [0.4, 0.5) is 13.2 Å². The van der Waals surface area contributed by atoms with Crippen molar-refractivity contribution in [1.29, 1.82) is 0 Å². The van der Waals surface area contributed by atoms with Crippen LogP contribution in [0.2, 0.25) is 0 Å². The van der Waals surface area contributed by atoms with Gasteiger partial charge in [0.2, 0.25) is 0 Å². The van der Waals surface area contributed by atoms with E-state index >= 15 is 0 Å². The fraction of sp³-hybridized carbons (Fsp3) is 0.714. The molecule has 0 saturated carbocycles. The summed E-state index contributed by atoms with van der Waals surface area (Å²) in [5.41, 5.74) is 0.153. The maximum absolute atomic E-state index is 12.0. The first-order chi connectivity index (χ1) is 5.90. The molecule has 0 radical (unpaired) electrons. The van der Waals surface area contributed by atoms with Gasteiger partial charge in [-0.1, -0.05) is 24.2 Å². The molecule has 0 atom stereocenters. The van der Waals surface area contributed by atoms with Gasteiger partial charge in [0.25, 0.3) is 0 Å². The van der Waals surface area contributed by atoms with Crippen molar-refractivity contribution in [2.75, 3.05) is 0 Å². The van der Waals surface area contributed by atoms with Crippen molar-refractivity contribution in [3.8, 4) is 0 Å². The van der Waals surface area contributed by atoms with Gasteiger partial charge in [-0.15, -0.1) is 0 Å². The first-order valence-corrected chi connectivity index (χ1v) is 3.78. The fourth-order valence-corrected chi connectivity index (χ4v) is 0.964. The van der Waals surface area contributed by atoms with Crippen molar-refractivity contribution < 1.29 is 17.8 Å². The highest BCUT2D eigenvalue weighted by molar-refractivity contribution is 5.12. The zero-order chi connectivity index (χ0) is 10.1. The van der Waals surface area contributed by atoms with Gasteiger partial charge in [0.1, 0.15) is 11.4 Å². The molecule has 0 aliphatic carbocycles. The molecule has 1 aromatic rings. The van der Waals surface area contributed by atoms with E-state index in [1.54, 1.807) is 13.8 Å². The van der Waals surface area contributed by atoms with E-state index in [9.17, 15) is 13.2 Å². The summed E-state index contributed by atoms with van der Waals surface area (Å²) in [6.07, 6.45) is -5.34. The highest BCUT2D eigenvalue weighted by Crippen LogP contribution is 2.24. The summed E-state index contributed by atoms with van der Waals surface area (Å²) in [5, 5.41) is 6.63. The molecule has 1 aromatic heterocycles. The summed E-state index contributed by atoms with van der Waals surface area (Å²) in [6, 6.07) is 0. The van der Waals surface area contributed by atoms with Gasteiger partial charge >= 0.3 is 6.18 Å². The van der Waals surface area contributed by atoms with E-state index in [-0.39, 0.29) is 17.3 Å². The quantitative estimate of drug-likeness (QED) is 0.725. The number of nitrogens with zero attached hydrogens (tertiary/aromatic N) is 2. The van der Waals surface area contributed by atoms with E-state index in [0.717, 1.165) is 0 Å². The van der Waals surface area contributed by atoms with Gasteiger partial charge < -0.3 is 0 Å². The summed E-state index contributed by atoms with van der Waals surface area (Å²) in [4.78, 5) is 0. The third-order valence-corrected chi connectivity index (χ3v) is 1.50. The van der Waals surface area contributed by atoms with Crippen LogP contribution in [0, 0.1) is 0 Å². The lowest BCUT2D eigenvalue weighted by atomic mass is 10.1. The second-order valence-corrected chi connectivity index (χ2v) is 3.04. The molecule has 1 rings (SSSR count). The molecule has 0 saturated heterocycles. The first-order valence-electron chi connectivity index (χ1n) is 3.78. The average Bonchev–Trinajstić information content (AvgIpc) is 2.31. The summed E-state index contributed by atoms with van der Waals surface area (Å²) in [7, 11) is 0. The minimum absolute atomic E-state index is 0.108. The van der Waals surface area contributed by atoms with E-state index in [1.807, 2.05) is 0 Å². The molecular formula is C7H9F3N2O. The maximum atomic E-state index is 12.0. The highest BCUT2D eigenvalue weighted by Gasteiger charge is 2.31. The molecule has 1 heterocycles. The van der Waals surface area contributed by atoms with Crippen molar-refractivity contribution in [3.05, 3.63) is 11.4 Å². The molecule has 0 fully saturated rings. The minimum Gasteiger partial charge on any atom is -0.244 e. The van der Waals surface area contributed by atoms with Gasteiger partial charge in [0, 0.05) is 5.92 Å². The Hall–Kier alpha value is -1.07. The van der Waals surface area contributed by atoms with E-state index in [2.05, 4.69) is 14.9 Å². The number of halogens is 3. The van der Waals surface area contributed by atoms with E-state index in [1.165, 1.54) is 0 Å². The molecule has 0 aromatic carbocycles. The first kappa shape index (κ1) is 10.0. The fourth-order valence-electron chi connectivity index (χ4n) is 0.964. The second kappa shape index (κ2) is 3.35. The van der Waals surface area contributed by atoms with Crippen LogP contribution in [-0.4, -0.2) is 16.5 Å². The lowest BCUT2D eigenvalue weighted by molar-refractivity contribution is -0.128. The number of hydrogen-bond acceptors (Lipinski definition) is 3. The summed E-state index contributed by atoms with van der Waals surface area (Å²) >= 11 is 0. The molecule has 74 valence electrons. The zero-order valence-electron chi connectivity index (χ0n) is 7.22. The van der Waals surface area contributed by atoms with Crippen LogP contribution in [-0.2, 0) is 6.42 Å². The average molecular weight is 194 g/mol. The third kappa shape index (κ3) is 2.71. The molecular weight excluding hydrogens is 185 g/mol. The van der Waals surface area contributed by atoms with Crippen molar-refractivity contribution in [3.63, 3.8) is 0 Å². The third-order valence-electron chi connectivity index (χ3n) is 1.50. The highest BCUT2D eigenvalue weighted by atomic mass is 19.4. The van der Waals surface area contributed by atoms with Gasteiger partial charge in [-0.05, 0) is 0 Å². The predicted octanol–water partition coefficient (Wildman–Crippen LogP) is 2.30. The molecule has 0 unspecified atom stereocenters. The molecule has 0 amide bonds. The Morgan fingerprint density at radius 1 is 1.31 bits per heavy atom. The van der Waals surface area contributed by atoms with Gasteiger partial charge in [-0.2, -0.15) is 13.2 Å². The number of hydrogen-bond donors (Lipinski definition) is 0. The lowest BCUT2D eigenvalue weighted by Gasteiger charge is -2.04. The molecule has 0 spiro atoms. The van der Waals surface area contributed by atoms with Crippen molar-refractivity contribution in [2.45, 2.75) is 32.4 Å². The van der Waals surface area contributed by atoms with Crippen LogP contribution < -0.4 is 0 Å². The largest absolute Gasteiger partial charge is 0.394 e. The van der Waals surface area contributed by atoms with Crippen LogP contribution in [0.1, 0.15) is 31.2 Å². The van der Waals surface area contributed by atoms with Crippen LogP contribution in [0.15, 0.2) is 4.63 Å². The van der Waals surface area contributed by atoms with Crippen LogP contribution in [0.3, 0.4) is 0 Å². The molecule has 3 nitrogen and oxygen atoms in total. The normalized spacial score (nSPS) is 12.5. The molecule has 6 heteroatoms. The van der Waals surface area contributed by atoms with Gasteiger partial charge in [-0.3, -0.25) is 0 Å². The monoisotopic (exact) mass is 194 g/mol. The molecule has 0 N–H and O–H groups in total. The van der Waals surface area contributed by atoms with Gasteiger partial charge in [0.15, 0.2) is 0 Å². The lowest BCUT2D eigenvalue weighted by Crippen LogP contribution is -2.13. The van der Waals surface area contributed by atoms with Crippen molar-refractivity contribution >= 4 is 0 Å². The zero-order valence-corrected chi connectivity index (χ0v) is 7.22. The maximum Gasteiger partial charge on any atom is 0.394 e. The van der Waals surface area contributed by atoms with Crippen LogP contribution in [0.5, 0.6) is 0 Å². The van der Waals surface area contributed by atoms with Crippen molar-refractivity contribution in [2.24, 2.45) is 0 Å². The van der Waals surface area contributed by atoms with E-state index in [4.69, 9.17) is 0 Å². The molecule has 0 bridgehead atoms. The standard InChI is InChI=1S/C7H9F3N2O/c1-4(2)6-5(11-13-12-6)3-7(8,9)10/h4H,3H2,1-2H3. The molecule has 0 aliphatic rings. The van der Waals surface area contributed by atoms with Crippen LogP contribution >= 0.6 is 0 Å². The SMILES string of the molecule is CC(C)c1nonc1CC(F)(F)F. The second-order valence-electron chi connectivity index (χ2n) is 3.04. The van der Waals surface area contributed by atoms with Crippen LogP contribution in [0.25, 0.3) is 0 Å². The molecule has 0 aliphatic heterocycles. The molecule has 13 heavy (non-hydrogen) atoms. The summed E-state index contributed by atoms with van der Waals surface area (Å²) in [6.45, 7) is 3.47. The van der Waals surface area contributed by atoms with Gasteiger partial charge in [-0.25, -0.2) is 4.63 Å². The Morgan fingerprint density at radius 2 is 1.92 bits per heavy atom. The predicted molar refractivity (Wildman–Crippen MR) is 38.1 cm³/mol. The van der Waals surface area contributed by atoms with E-state index < -0.39 is 12.6 Å². The Balaban J connectivity index is 2.83. The number of rotatable bonds is 2. The number of aromatic nitrogens is 2. The number of alkyl halides is 3. The van der Waals surface area contributed by atoms with Gasteiger partial charge in [0.05, 0.1) is 6.42 Å². The Kier molecular flexibility index (Phi) is 2.58. The summed E-state index contributed by atoms with van der Waals surface area (Å²) < 4.78 is 40.1. The summed E-state index contributed by atoms with van der Waals surface area (Å²) in [5.74, 6) is -0.108. The smallest absolute Gasteiger partial charge is 0.244 e. The Morgan fingerprint density at radius 3 is 2.38 bits per heavy atom. The minimum atomic E-state index is -4.26. The Labute approximate surface area is 72.9 Å².